The van der Waals surface area contributed by atoms with E-state index in [4.69, 9.17) is 5.11 Å². The number of thioether (sulfide) groups is 1. The van der Waals surface area contributed by atoms with Gasteiger partial charge in [0.05, 0.1) is 6.42 Å². The second kappa shape index (κ2) is 7.84. The molecule has 0 aliphatic heterocycles. The number of rotatable bonds is 7. The van der Waals surface area contributed by atoms with Crippen molar-refractivity contribution in [1.29, 1.82) is 0 Å². The molecule has 0 aliphatic carbocycles. The first-order chi connectivity index (χ1) is 9.43. The van der Waals surface area contributed by atoms with Crippen LogP contribution in [0.1, 0.15) is 12.0 Å². The maximum atomic E-state index is 13.4. The first-order valence-electron chi connectivity index (χ1n) is 5.89. The van der Waals surface area contributed by atoms with Crippen LogP contribution < -0.4 is 5.32 Å². The molecule has 1 aromatic carbocycles. The molecule has 1 atom stereocenters. The van der Waals surface area contributed by atoms with Crippen LogP contribution in [-0.4, -0.2) is 35.0 Å². The minimum atomic E-state index is -1.15. The molecule has 0 radical (unpaired) electrons. The van der Waals surface area contributed by atoms with Gasteiger partial charge in [0.1, 0.15) is 17.7 Å². The van der Waals surface area contributed by atoms with Crippen molar-refractivity contribution in [1.82, 2.24) is 5.32 Å². The molecular weight excluding hydrogens is 288 g/mol. The third kappa shape index (κ3) is 5.16. The highest BCUT2D eigenvalue weighted by Crippen LogP contribution is 2.10. The smallest absolute Gasteiger partial charge is 0.326 e. The van der Waals surface area contributed by atoms with Crippen LogP contribution in [0.15, 0.2) is 18.2 Å². The number of carbonyl (C=O) groups is 2. The number of hydrogen-bond acceptors (Lipinski definition) is 3. The highest BCUT2D eigenvalue weighted by atomic mass is 32.2. The molecule has 0 spiro atoms. The predicted molar refractivity (Wildman–Crippen MR) is 72.6 cm³/mol. The van der Waals surface area contributed by atoms with E-state index in [0.717, 1.165) is 18.2 Å². The van der Waals surface area contributed by atoms with E-state index in [2.05, 4.69) is 5.32 Å². The summed E-state index contributed by atoms with van der Waals surface area (Å²) < 4.78 is 26.3. The molecule has 0 aromatic heterocycles. The second-order valence-corrected chi connectivity index (χ2v) is 5.14. The fourth-order valence-corrected chi connectivity index (χ4v) is 2.06. The Balaban J connectivity index is 2.65. The fourth-order valence-electron chi connectivity index (χ4n) is 1.59. The van der Waals surface area contributed by atoms with E-state index in [0.29, 0.717) is 5.75 Å². The Bertz CT molecular complexity index is 497. The molecule has 7 heteroatoms. The van der Waals surface area contributed by atoms with Crippen LogP contribution in [0.3, 0.4) is 0 Å². The van der Waals surface area contributed by atoms with Gasteiger partial charge in [-0.05, 0) is 36.6 Å². The number of benzene rings is 1. The van der Waals surface area contributed by atoms with E-state index >= 15 is 0 Å². The largest absolute Gasteiger partial charge is 0.480 e. The lowest BCUT2D eigenvalue weighted by Crippen LogP contribution is -2.42. The van der Waals surface area contributed by atoms with E-state index in [9.17, 15) is 18.4 Å². The van der Waals surface area contributed by atoms with Crippen LogP contribution in [0, 0.1) is 11.6 Å². The summed E-state index contributed by atoms with van der Waals surface area (Å²) >= 11 is 1.46. The van der Waals surface area contributed by atoms with Gasteiger partial charge >= 0.3 is 5.97 Å². The van der Waals surface area contributed by atoms with Gasteiger partial charge in [-0.2, -0.15) is 11.8 Å². The zero-order chi connectivity index (χ0) is 15.1. The molecule has 4 nitrogen and oxygen atoms in total. The van der Waals surface area contributed by atoms with E-state index in [1.807, 2.05) is 6.26 Å². The minimum absolute atomic E-state index is 0.100. The van der Waals surface area contributed by atoms with Gasteiger partial charge in [-0.15, -0.1) is 0 Å². The number of carboxylic acids is 1. The third-order valence-corrected chi connectivity index (χ3v) is 3.25. The first kappa shape index (κ1) is 16.4. The van der Waals surface area contributed by atoms with Crippen LogP contribution in [0.4, 0.5) is 8.78 Å². The summed E-state index contributed by atoms with van der Waals surface area (Å²) in [7, 11) is 0. The number of hydrogen-bond donors (Lipinski definition) is 2. The van der Waals surface area contributed by atoms with Crippen LogP contribution in [0.25, 0.3) is 0 Å². The van der Waals surface area contributed by atoms with Crippen molar-refractivity contribution in [2.75, 3.05) is 12.0 Å². The maximum absolute atomic E-state index is 13.4. The summed E-state index contributed by atoms with van der Waals surface area (Å²) in [4.78, 5) is 22.6. The summed E-state index contributed by atoms with van der Waals surface area (Å²) in [5.41, 5.74) is -0.100. The topological polar surface area (TPSA) is 66.4 Å². The predicted octanol–water partition coefficient (Wildman–Crippen LogP) is 1.83. The van der Waals surface area contributed by atoms with Crippen molar-refractivity contribution in [2.45, 2.75) is 18.9 Å². The maximum Gasteiger partial charge on any atom is 0.326 e. The molecule has 0 fully saturated rings. The van der Waals surface area contributed by atoms with Crippen LogP contribution >= 0.6 is 11.8 Å². The SMILES string of the molecule is CSCCC(NC(=O)Cc1cc(F)ccc1F)C(=O)O. The van der Waals surface area contributed by atoms with Gasteiger partial charge < -0.3 is 10.4 Å². The minimum Gasteiger partial charge on any atom is -0.480 e. The summed E-state index contributed by atoms with van der Waals surface area (Å²) in [6.45, 7) is 0. The van der Waals surface area contributed by atoms with Crippen LogP contribution in [-0.2, 0) is 16.0 Å². The summed E-state index contributed by atoms with van der Waals surface area (Å²) in [5.74, 6) is -2.56. The molecule has 1 rings (SSSR count). The van der Waals surface area contributed by atoms with Crippen molar-refractivity contribution in [2.24, 2.45) is 0 Å². The highest BCUT2D eigenvalue weighted by Gasteiger charge is 2.20. The Morgan fingerprint density at radius 2 is 2.10 bits per heavy atom. The van der Waals surface area contributed by atoms with Crippen molar-refractivity contribution in [3.05, 3.63) is 35.4 Å². The van der Waals surface area contributed by atoms with Gasteiger partial charge in [0, 0.05) is 5.56 Å². The van der Waals surface area contributed by atoms with E-state index < -0.39 is 36.0 Å². The number of carbonyl (C=O) groups excluding carboxylic acids is 1. The number of halogens is 2. The summed E-state index contributed by atoms with van der Waals surface area (Å²) in [5, 5.41) is 11.3. The molecule has 110 valence electrons. The molecule has 0 saturated carbocycles. The molecule has 0 bridgehead atoms. The molecule has 0 saturated heterocycles. The molecule has 0 heterocycles. The molecule has 20 heavy (non-hydrogen) atoms. The normalized spacial score (nSPS) is 11.9. The number of carboxylic acid groups (broad SMARTS) is 1. The number of amides is 1. The first-order valence-corrected chi connectivity index (χ1v) is 7.28. The Morgan fingerprint density at radius 3 is 2.70 bits per heavy atom. The molecular formula is C13H15F2NO3S. The van der Waals surface area contributed by atoms with Crippen LogP contribution in [0.5, 0.6) is 0 Å². The second-order valence-electron chi connectivity index (χ2n) is 4.15. The molecule has 1 unspecified atom stereocenters. The van der Waals surface area contributed by atoms with Crippen molar-refractivity contribution in [3.8, 4) is 0 Å². The van der Waals surface area contributed by atoms with Gasteiger partial charge in [0.15, 0.2) is 0 Å². The quantitative estimate of drug-likeness (QED) is 0.806. The highest BCUT2D eigenvalue weighted by molar-refractivity contribution is 7.98. The average Bonchev–Trinajstić information content (AvgIpc) is 2.38. The summed E-state index contributed by atoms with van der Waals surface area (Å²) in [6.07, 6.45) is 1.70. The number of nitrogens with one attached hydrogen (secondary N) is 1. The lowest BCUT2D eigenvalue weighted by molar-refractivity contribution is -0.141. The Kier molecular flexibility index (Phi) is 6.44. The summed E-state index contributed by atoms with van der Waals surface area (Å²) in [6, 6.07) is 1.79. The lowest BCUT2D eigenvalue weighted by atomic mass is 10.1. The van der Waals surface area contributed by atoms with Gasteiger partial charge in [0.2, 0.25) is 5.91 Å². The van der Waals surface area contributed by atoms with Crippen molar-refractivity contribution >= 4 is 23.6 Å². The molecule has 1 amide bonds. The van der Waals surface area contributed by atoms with E-state index in [1.165, 1.54) is 11.8 Å². The van der Waals surface area contributed by atoms with Crippen molar-refractivity contribution in [3.63, 3.8) is 0 Å². The average molecular weight is 303 g/mol. The zero-order valence-electron chi connectivity index (χ0n) is 10.9. The van der Waals surface area contributed by atoms with E-state index in [1.54, 1.807) is 0 Å². The Hall–Kier alpha value is -1.63. The molecule has 1 aromatic rings. The third-order valence-electron chi connectivity index (χ3n) is 2.60. The lowest BCUT2D eigenvalue weighted by Gasteiger charge is -2.14. The Labute approximate surface area is 119 Å². The zero-order valence-corrected chi connectivity index (χ0v) is 11.7. The monoisotopic (exact) mass is 303 g/mol. The van der Waals surface area contributed by atoms with Gasteiger partial charge in [-0.1, -0.05) is 0 Å². The van der Waals surface area contributed by atoms with Gasteiger partial charge in [-0.25, -0.2) is 13.6 Å². The van der Waals surface area contributed by atoms with Gasteiger partial charge in [0.25, 0.3) is 0 Å². The standard InChI is InChI=1S/C13H15F2NO3S/c1-20-5-4-11(13(18)19)16-12(17)7-8-6-9(14)2-3-10(8)15/h2-3,6,11H,4-5,7H2,1H3,(H,16,17)(H,18,19). The van der Waals surface area contributed by atoms with Crippen molar-refractivity contribution < 1.29 is 23.5 Å². The molecule has 2 N–H and O–H groups in total. The van der Waals surface area contributed by atoms with E-state index in [-0.39, 0.29) is 12.0 Å². The van der Waals surface area contributed by atoms with Gasteiger partial charge in [-0.3, -0.25) is 4.79 Å². The number of aliphatic carboxylic acids is 1. The Morgan fingerprint density at radius 1 is 1.40 bits per heavy atom. The molecule has 0 aliphatic rings. The van der Waals surface area contributed by atoms with Crippen LogP contribution in [0.2, 0.25) is 0 Å². The fraction of sp³-hybridized carbons (Fsp3) is 0.385.